The molecule has 0 saturated carbocycles. The third kappa shape index (κ3) is 66.5. The van der Waals surface area contributed by atoms with Crippen LogP contribution in [-0.2, 0) is 19.1 Å². The Hall–Kier alpha value is -6.04. The maximum atomic E-state index is 12.3. The van der Waals surface area contributed by atoms with Crippen molar-refractivity contribution in [3.63, 3.8) is 0 Å². The summed E-state index contributed by atoms with van der Waals surface area (Å²) in [5.41, 5.74) is 0. The highest BCUT2D eigenvalue weighted by atomic mass is 16.6. The number of esters is 2. The molecule has 0 fully saturated rings. The number of carbonyl (C=O) groups is 2. The first-order valence-electron chi connectivity index (χ1n) is 31.9. The van der Waals surface area contributed by atoms with Gasteiger partial charge in [0, 0.05) is 12.8 Å². The summed E-state index contributed by atoms with van der Waals surface area (Å²) in [6.07, 6.45) is 115. The fourth-order valence-electron chi connectivity index (χ4n) is 7.75. The molecule has 0 amide bonds. The quantitative estimate of drug-likeness (QED) is 0.0373. The zero-order valence-corrected chi connectivity index (χ0v) is 51.6. The molecule has 1 atom stereocenters. The second-order valence-electron chi connectivity index (χ2n) is 20.0. The first-order valence-corrected chi connectivity index (χ1v) is 31.9. The lowest BCUT2D eigenvalue weighted by Crippen LogP contribution is -2.28. The fraction of sp³-hybridized carbons (Fsp3) is 0.481. The van der Waals surface area contributed by atoms with Gasteiger partial charge in [-0.25, -0.2) is 0 Å². The van der Waals surface area contributed by atoms with Gasteiger partial charge < -0.3 is 14.6 Å². The topological polar surface area (TPSA) is 72.8 Å². The molecule has 0 bridgehead atoms. The van der Waals surface area contributed by atoms with Crippen molar-refractivity contribution in [1.29, 1.82) is 0 Å². The van der Waals surface area contributed by atoms with Gasteiger partial charge in [0.2, 0.25) is 0 Å². The first-order chi connectivity index (χ1) is 40.6. The van der Waals surface area contributed by atoms with Crippen LogP contribution < -0.4 is 0 Å². The normalized spacial score (nSPS) is 13.8. The minimum absolute atomic E-state index is 0.105. The van der Waals surface area contributed by atoms with E-state index in [4.69, 9.17) is 9.47 Å². The summed E-state index contributed by atoms with van der Waals surface area (Å²) >= 11 is 0. The van der Waals surface area contributed by atoms with Gasteiger partial charge in [0.1, 0.15) is 6.61 Å². The molecule has 0 aliphatic rings. The van der Waals surface area contributed by atoms with Crippen molar-refractivity contribution in [2.24, 2.45) is 0 Å². The molecule has 0 aromatic carbocycles. The van der Waals surface area contributed by atoms with Crippen molar-refractivity contribution < 1.29 is 24.2 Å². The van der Waals surface area contributed by atoms with E-state index < -0.39 is 6.10 Å². The molecule has 0 radical (unpaired) electrons. The summed E-state index contributed by atoms with van der Waals surface area (Å²) in [5, 5.41) is 9.68. The Morgan fingerprint density at radius 2 is 0.488 bits per heavy atom. The third-order valence-electron chi connectivity index (χ3n) is 12.5. The van der Waals surface area contributed by atoms with Gasteiger partial charge in [-0.15, -0.1) is 0 Å². The average Bonchev–Trinajstić information content (AvgIpc) is 3.49. The number of hydrogen-bond donors (Lipinski definition) is 1. The molecule has 0 aliphatic heterocycles. The number of rotatable bonds is 55. The summed E-state index contributed by atoms with van der Waals surface area (Å²) < 4.78 is 10.7. The van der Waals surface area contributed by atoms with Crippen LogP contribution in [0.3, 0.4) is 0 Å². The van der Waals surface area contributed by atoms with Crippen molar-refractivity contribution in [3.8, 4) is 0 Å². The molecule has 0 aromatic heterocycles. The van der Waals surface area contributed by atoms with E-state index in [9.17, 15) is 14.7 Å². The van der Waals surface area contributed by atoms with E-state index in [1.807, 2.05) is 0 Å². The molecule has 1 unspecified atom stereocenters. The van der Waals surface area contributed by atoms with Crippen molar-refractivity contribution in [1.82, 2.24) is 0 Å². The summed E-state index contributed by atoms with van der Waals surface area (Å²) in [6, 6.07) is 0. The minimum atomic E-state index is -0.818. The summed E-state index contributed by atoms with van der Waals surface area (Å²) in [7, 11) is 0. The number of unbranched alkanes of at least 4 members (excludes halogenated alkanes) is 9. The highest BCUT2D eigenvalue weighted by molar-refractivity contribution is 5.70. The van der Waals surface area contributed by atoms with Gasteiger partial charge in [0.15, 0.2) is 6.10 Å². The SMILES string of the molecule is CC/C=C\C/C=C\C/C=C\C/C=C\C/C=C\C/C=C\C/C=C\C/C=C\C/C=C\C/C=C\C/C=C\CCCCCC(=O)OC(CO)COC(=O)CCCCCCCC/C=C\C/C=C\C/C=C\C/C=C\C/C=C\C/C=C\C/C=C\C/C=C\CC. The van der Waals surface area contributed by atoms with Crippen LogP contribution in [0, 0.1) is 0 Å². The maximum Gasteiger partial charge on any atom is 0.306 e. The summed E-state index contributed by atoms with van der Waals surface area (Å²) in [4.78, 5) is 24.6. The highest BCUT2D eigenvalue weighted by Crippen LogP contribution is 2.12. The second-order valence-corrected chi connectivity index (χ2v) is 20.0. The van der Waals surface area contributed by atoms with E-state index in [-0.39, 0.29) is 25.2 Å². The van der Waals surface area contributed by atoms with E-state index in [2.05, 4.69) is 245 Å². The molecule has 0 aromatic rings. The minimum Gasteiger partial charge on any atom is -0.462 e. The van der Waals surface area contributed by atoms with Gasteiger partial charge in [-0.3, -0.25) is 9.59 Å². The fourth-order valence-corrected chi connectivity index (χ4v) is 7.75. The average molecular weight is 1120 g/mol. The van der Waals surface area contributed by atoms with Crippen molar-refractivity contribution in [2.75, 3.05) is 13.2 Å². The smallest absolute Gasteiger partial charge is 0.306 e. The summed E-state index contributed by atoms with van der Waals surface area (Å²) in [5.74, 6) is -0.667. The van der Waals surface area contributed by atoms with Crippen LogP contribution in [-0.4, -0.2) is 36.4 Å². The van der Waals surface area contributed by atoms with Gasteiger partial charge in [0.05, 0.1) is 6.61 Å². The lowest BCUT2D eigenvalue weighted by molar-refractivity contribution is -0.161. The van der Waals surface area contributed by atoms with Crippen LogP contribution in [0.25, 0.3) is 0 Å². The Labute approximate surface area is 503 Å². The van der Waals surface area contributed by atoms with E-state index >= 15 is 0 Å². The van der Waals surface area contributed by atoms with Crippen LogP contribution in [0.15, 0.2) is 231 Å². The van der Waals surface area contributed by atoms with Gasteiger partial charge in [-0.2, -0.15) is 0 Å². The molecule has 0 aliphatic carbocycles. The number of aliphatic hydroxyl groups excluding tert-OH is 1. The predicted molar refractivity (Wildman–Crippen MR) is 361 cm³/mol. The molecule has 0 rings (SSSR count). The van der Waals surface area contributed by atoms with Crippen LogP contribution in [0.5, 0.6) is 0 Å². The summed E-state index contributed by atoms with van der Waals surface area (Å²) in [6.45, 7) is 3.85. The van der Waals surface area contributed by atoms with Crippen LogP contribution >= 0.6 is 0 Å². The zero-order chi connectivity index (χ0) is 59.1. The zero-order valence-electron chi connectivity index (χ0n) is 51.6. The van der Waals surface area contributed by atoms with Crippen LogP contribution in [0.2, 0.25) is 0 Å². The van der Waals surface area contributed by atoms with Crippen molar-refractivity contribution >= 4 is 11.9 Å². The number of hydrogen-bond acceptors (Lipinski definition) is 5. The highest BCUT2D eigenvalue weighted by Gasteiger charge is 2.16. The molecule has 82 heavy (non-hydrogen) atoms. The molecular weight excluding hydrogens is 1000 g/mol. The molecule has 0 saturated heterocycles. The monoisotopic (exact) mass is 1120 g/mol. The van der Waals surface area contributed by atoms with Gasteiger partial charge in [0.25, 0.3) is 0 Å². The Kier molecular flexibility index (Phi) is 64.1. The number of allylic oxidation sites excluding steroid dienone is 38. The number of carbonyl (C=O) groups excluding carboxylic acids is 2. The molecular formula is C77H114O5. The second kappa shape index (κ2) is 69.2. The molecule has 452 valence electrons. The number of ether oxygens (including phenoxy) is 2. The third-order valence-corrected chi connectivity index (χ3v) is 12.5. The van der Waals surface area contributed by atoms with Crippen molar-refractivity contribution in [2.45, 2.75) is 225 Å². The van der Waals surface area contributed by atoms with E-state index in [0.717, 1.165) is 180 Å². The maximum absolute atomic E-state index is 12.3. The first kappa shape index (κ1) is 76.0. The Bertz CT molecular complexity index is 2040. The van der Waals surface area contributed by atoms with Gasteiger partial charge in [-0.05, 0) is 161 Å². The molecule has 0 spiro atoms. The van der Waals surface area contributed by atoms with Crippen LogP contribution in [0.4, 0.5) is 0 Å². The van der Waals surface area contributed by atoms with E-state index in [1.165, 1.54) is 12.8 Å². The Morgan fingerprint density at radius 3 is 0.744 bits per heavy atom. The van der Waals surface area contributed by atoms with Crippen molar-refractivity contribution in [3.05, 3.63) is 231 Å². The van der Waals surface area contributed by atoms with Gasteiger partial charge >= 0.3 is 11.9 Å². The molecule has 5 heteroatoms. The largest absolute Gasteiger partial charge is 0.462 e. The Balaban J connectivity index is 3.72. The molecule has 0 heterocycles. The standard InChI is InChI=1S/C77H114O5/c1-3-5-7-9-11-13-15-17-19-21-23-25-27-29-31-33-35-36-37-38-39-40-42-44-46-48-50-52-54-56-58-60-62-64-66-68-70-72-77(80)82-75(73-78)74-81-76(79)71-69-67-65-63-61-59-57-55-53-51-49-47-45-43-41-34-32-30-28-26-24-22-20-18-16-14-12-10-8-6-4-2/h5-8,11-14,17-20,23-26,29-32,35-36,38-39,41-44,47-50,53-56,60,62,75,78H,3-4,9-10,15-16,21-22,27-28,33-34,37,40,45-46,51-52,57-59,61,63-74H2,1-2H3/b7-5-,8-6-,13-11-,14-12-,19-17-,20-18-,25-23-,26-24-,31-29-,32-30-,36-35-,39-38-,43-41-,44-42-,49-47-,50-48-,55-53-,56-54-,62-60-. The number of aliphatic hydroxyl groups is 1. The van der Waals surface area contributed by atoms with Gasteiger partial charge in [-0.1, -0.05) is 277 Å². The van der Waals surface area contributed by atoms with Crippen LogP contribution in [0.1, 0.15) is 219 Å². The Morgan fingerprint density at radius 1 is 0.280 bits per heavy atom. The predicted octanol–water partition coefficient (Wildman–Crippen LogP) is 22.5. The lowest BCUT2D eigenvalue weighted by atomic mass is 10.1. The van der Waals surface area contributed by atoms with E-state index in [0.29, 0.717) is 12.8 Å². The lowest BCUT2D eigenvalue weighted by Gasteiger charge is -2.15. The van der Waals surface area contributed by atoms with E-state index in [1.54, 1.807) is 0 Å². The molecule has 5 nitrogen and oxygen atoms in total. The molecule has 1 N–H and O–H groups in total.